The predicted octanol–water partition coefficient (Wildman–Crippen LogP) is 3.96. The molecule has 0 aliphatic heterocycles. The average molecular weight is 366 g/mol. The third-order valence-electron chi connectivity index (χ3n) is 4.39. The molecule has 2 aromatic carbocycles. The Morgan fingerprint density at radius 3 is 2.69 bits per heavy atom. The Kier molecular flexibility index (Phi) is 5.92. The van der Waals surface area contributed by atoms with Crippen LogP contribution >= 0.6 is 12.2 Å². The maximum absolute atomic E-state index is 5.35. The summed E-state index contributed by atoms with van der Waals surface area (Å²) in [6, 6.07) is 16.5. The molecule has 1 atom stereocenters. The molecule has 1 aromatic heterocycles. The molecular weight excluding hydrogens is 342 g/mol. The maximum atomic E-state index is 5.35. The predicted molar refractivity (Wildman–Crippen MR) is 112 cm³/mol. The molecule has 0 fully saturated rings. The smallest absolute Gasteiger partial charge is 0.166 e. The molecule has 0 amide bonds. The van der Waals surface area contributed by atoms with E-state index < -0.39 is 0 Å². The van der Waals surface area contributed by atoms with Gasteiger partial charge < -0.3 is 20.4 Å². The minimum Gasteiger partial charge on any atom is -0.497 e. The number of hydrogen-bond acceptors (Lipinski definition) is 2. The van der Waals surface area contributed by atoms with Gasteiger partial charge in [-0.15, -0.1) is 6.58 Å². The van der Waals surface area contributed by atoms with Crippen LogP contribution in [-0.2, 0) is 0 Å². The number of ether oxygens (including phenoxy) is 1. The zero-order chi connectivity index (χ0) is 18.4. The molecule has 0 saturated carbocycles. The van der Waals surface area contributed by atoms with Crippen LogP contribution in [0, 0.1) is 0 Å². The van der Waals surface area contributed by atoms with E-state index in [1.807, 2.05) is 18.2 Å². The lowest BCUT2D eigenvalue weighted by Gasteiger charge is -2.20. The second kappa shape index (κ2) is 8.54. The molecule has 26 heavy (non-hydrogen) atoms. The third-order valence-corrected chi connectivity index (χ3v) is 4.68. The van der Waals surface area contributed by atoms with Crippen molar-refractivity contribution in [2.45, 2.75) is 5.92 Å². The van der Waals surface area contributed by atoms with Gasteiger partial charge in [-0.25, -0.2) is 0 Å². The summed E-state index contributed by atoms with van der Waals surface area (Å²) < 4.78 is 5.29. The number of nitrogens with one attached hydrogen (secondary N) is 3. The van der Waals surface area contributed by atoms with Gasteiger partial charge in [0.1, 0.15) is 5.75 Å². The van der Waals surface area contributed by atoms with Gasteiger partial charge >= 0.3 is 0 Å². The van der Waals surface area contributed by atoms with E-state index in [1.54, 1.807) is 13.2 Å². The number of H-pyrrole nitrogens is 1. The van der Waals surface area contributed by atoms with E-state index in [4.69, 9.17) is 17.0 Å². The van der Waals surface area contributed by atoms with Gasteiger partial charge in [0.05, 0.1) is 7.11 Å². The summed E-state index contributed by atoms with van der Waals surface area (Å²) in [5.74, 6) is 1.00. The minimum atomic E-state index is 0.153. The molecule has 0 bridgehead atoms. The molecule has 0 aliphatic rings. The molecule has 0 saturated heterocycles. The van der Waals surface area contributed by atoms with Gasteiger partial charge in [-0.1, -0.05) is 36.4 Å². The lowest BCUT2D eigenvalue weighted by molar-refractivity contribution is 0.414. The lowest BCUT2D eigenvalue weighted by atomic mass is 9.91. The molecule has 0 aliphatic carbocycles. The van der Waals surface area contributed by atoms with Gasteiger partial charge in [0.25, 0.3) is 0 Å². The van der Waals surface area contributed by atoms with Gasteiger partial charge in [0.2, 0.25) is 0 Å². The highest BCUT2D eigenvalue weighted by Crippen LogP contribution is 2.31. The van der Waals surface area contributed by atoms with Crippen LogP contribution in [0.5, 0.6) is 5.75 Å². The van der Waals surface area contributed by atoms with E-state index in [9.17, 15) is 0 Å². The monoisotopic (exact) mass is 365 g/mol. The number of methoxy groups -OCH3 is 1. The van der Waals surface area contributed by atoms with Crippen LogP contribution in [0.25, 0.3) is 10.9 Å². The molecule has 1 heterocycles. The molecule has 3 N–H and O–H groups in total. The molecule has 4 nitrogen and oxygen atoms in total. The first-order valence-corrected chi connectivity index (χ1v) is 8.96. The van der Waals surface area contributed by atoms with Crippen LogP contribution in [-0.4, -0.2) is 30.3 Å². The topological polar surface area (TPSA) is 49.1 Å². The van der Waals surface area contributed by atoms with Crippen LogP contribution in [0.3, 0.4) is 0 Å². The fourth-order valence-electron chi connectivity index (χ4n) is 3.05. The van der Waals surface area contributed by atoms with Crippen molar-refractivity contribution >= 4 is 28.2 Å². The number of fused-ring (bicyclic) bond motifs is 1. The molecule has 3 aromatic rings. The molecule has 134 valence electrons. The first-order chi connectivity index (χ1) is 12.7. The van der Waals surface area contributed by atoms with Crippen LogP contribution in [0.2, 0.25) is 0 Å². The van der Waals surface area contributed by atoms with Gasteiger partial charge in [0, 0.05) is 36.1 Å². The number of hydrogen-bond donors (Lipinski definition) is 3. The summed E-state index contributed by atoms with van der Waals surface area (Å²) in [5.41, 5.74) is 3.58. The van der Waals surface area contributed by atoms with E-state index in [0.29, 0.717) is 18.2 Å². The van der Waals surface area contributed by atoms with Crippen molar-refractivity contribution in [2.75, 3.05) is 20.2 Å². The normalized spacial score (nSPS) is 11.7. The Hall–Kier alpha value is -2.79. The Labute approximate surface area is 159 Å². The van der Waals surface area contributed by atoms with Crippen LogP contribution in [0.4, 0.5) is 0 Å². The molecule has 5 heteroatoms. The first kappa shape index (κ1) is 18.0. The number of aromatic nitrogens is 1. The van der Waals surface area contributed by atoms with E-state index in [-0.39, 0.29) is 5.92 Å². The Bertz CT molecular complexity index is 886. The summed E-state index contributed by atoms with van der Waals surface area (Å²) in [6.07, 6.45) is 3.87. The van der Waals surface area contributed by atoms with Crippen LogP contribution in [0.1, 0.15) is 17.0 Å². The fourth-order valence-corrected chi connectivity index (χ4v) is 3.21. The first-order valence-electron chi connectivity index (χ1n) is 8.55. The summed E-state index contributed by atoms with van der Waals surface area (Å²) in [5, 5.41) is 8.29. The standard InChI is InChI=1S/C21H23N3OS/c1-3-12-22-21(26)24-13-18(15-8-10-16(25-2)11-9-15)19-14-23-20-7-5-4-6-17(19)20/h3-11,14,18,23H,1,12-13H2,2H3,(H2,22,24,26)/t18-/m0/s1. The maximum Gasteiger partial charge on any atom is 0.166 e. The molecular formula is C21H23N3OS. The molecule has 0 spiro atoms. The summed E-state index contributed by atoms with van der Waals surface area (Å²) >= 11 is 5.35. The molecule has 3 rings (SSSR count). The van der Waals surface area contributed by atoms with Crippen molar-refractivity contribution in [1.82, 2.24) is 15.6 Å². The highest BCUT2D eigenvalue weighted by molar-refractivity contribution is 7.80. The quantitative estimate of drug-likeness (QED) is 0.438. The van der Waals surface area contributed by atoms with Gasteiger partial charge in [0.15, 0.2) is 5.11 Å². The average Bonchev–Trinajstić information content (AvgIpc) is 3.11. The number of aromatic amines is 1. The summed E-state index contributed by atoms with van der Waals surface area (Å²) in [7, 11) is 1.68. The summed E-state index contributed by atoms with van der Waals surface area (Å²) in [6.45, 7) is 5.04. The van der Waals surface area contributed by atoms with Crippen molar-refractivity contribution in [3.8, 4) is 5.75 Å². The minimum absolute atomic E-state index is 0.153. The Morgan fingerprint density at radius 2 is 1.96 bits per heavy atom. The zero-order valence-corrected chi connectivity index (χ0v) is 15.6. The number of benzene rings is 2. The Morgan fingerprint density at radius 1 is 1.19 bits per heavy atom. The molecule has 0 radical (unpaired) electrons. The second-order valence-corrected chi connectivity index (χ2v) is 6.40. The second-order valence-electron chi connectivity index (χ2n) is 5.99. The van der Waals surface area contributed by atoms with Crippen molar-refractivity contribution < 1.29 is 4.74 Å². The third kappa shape index (κ3) is 4.06. The largest absolute Gasteiger partial charge is 0.497 e. The van der Waals surface area contributed by atoms with Gasteiger partial charge in [-0.2, -0.15) is 0 Å². The summed E-state index contributed by atoms with van der Waals surface area (Å²) in [4.78, 5) is 3.37. The SMILES string of the molecule is C=CCNC(=S)NC[C@@H](c1ccc(OC)cc1)c1c[nH]c2ccccc12. The van der Waals surface area contributed by atoms with E-state index in [1.165, 1.54) is 16.5 Å². The van der Waals surface area contributed by atoms with E-state index in [0.717, 1.165) is 11.3 Å². The van der Waals surface area contributed by atoms with Crippen LogP contribution < -0.4 is 15.4 Å². The lowest BCUT2D eigenvalue weighted by Crippen LogP contribution is -2.37. The number of rotatable bonds is 7. The van der Waals surface area contributed by atoms with Crippen molar-refractivity contribution in [3.05, 3.63) is 78.5 Å². The number of para-hydroxylation sites is 1. The fraction of sp³-hybridized carbons (Fsp3) is 0.190. The van der Waals surface area contributed by atoms with E-state index >= 15 is 0 Å². The zero-order valence-electron chi connectivity index (χ0n) is 14.8. The Balaban J connectivity index is 1.90. The van der Waals surface area contributed by atoms with Gasteiger partial charge in [-0.3, -0.25) is 0 Å². The van der Waals surface area contributed by atoms with Crippen LogP contribution in [0.15, 0.2) is 67.4 Å². The number of thiocarbonyl (C=S) groups is 1. The van der Waals surface area contributed by atoms with Crippen molar-refractivity contribution in [1.29, 1.82) is 0 Å². The van der Waals surface area contributed by atoms with Crippen molar-refractivity contribution in [2.24, 2.45) is 0 Å². The molecule has 0 unspecified atom stereocenters. The highest BCUT2D eigenvalue weighted by Gasteiger charge is 2.18. The van der Waals surface area contributed by atoms with Crippen molar-refractivity contribution in [3.63, 3.8) is 0 Å². The highest BCUT2D eigenvalue weighted by atomic mass is 32.1. The van der Waals surface area contributed by atoms with E-state index in [2.05, 4.69) is 58.7 Å². The van der Waals surface area contributed by atoms with Gasteiger partial charge in [-0.05, 0) is 41.5 Å².